The minimum atomic E-state index is -0.896. The number of hydrogen-bond acceptors (Lipinski definition) is 7. The van der Waals surface area contributed by atoms with Gasteiger partial charge < -0.3 is 14.6 Å². The molecule has 1 fully saturated rings. The van der Waals surface area contributed by atoms with Crippen LogP contribution in [0, 0.1) is 13.8 Å². The Kier molecular flexibility index (Phi) is 6.43. The Morgan fingerprint density at radius 3 is 2.57 bits per heavy atom. The van der Waals surface area contributed by atoms with Gasteiger partial charge in [-0.2, -0.15) is 0 Å². The first-order chi connectivity index (χ1) is 17.8. The largest absolute Gasteiger partial charge is 0.507 e. The molecule has 1 aliphatic heterocycles. The maximum absolute atomic E-state index is 13.5. The van der Waals surface area contributed by atoms with E-state index in [9.17, 15) is 14.7 Å². The van der Waals surface area contributed by atoms with Crippen LogP contribution >= 0.6 is 11.3 Å². The summed E-state index contributed by atoms with van der Waals surface area (Å²) < 4.78 is 11.9. The van der Waals surface area contributed by atoms with Crippen molar-refractivity contribution in [3.8, 4) is 11.5 Å². The van der Waals surface area contributed by atoms with Crippen LogP contribution in [0.2, 0.25) is 0 Å². The summed E-state index contributed by atoms with van der Waals surface area (Å²) in [5.41, 5.74) is 3.83. The van der Waals surface area contributed by atoms with E-state index >= 15 is 0 Å². The maximum atomic E-state index is 13.5. The standard InChI is InChI=1S/C29H26N2O5S/c1-5-36-21-11-7-9-19(15-21)26(32)23-25(18-8-6-10-20(14-18)35-4)31(28(34)27(23)33)29-30-24-17(3)12-16(2)13-22(24)37-29/h6-15,25,32H,5H2,1-4H3/b26-23+. The number of ether oxygens (including phenoxy) is 2. The molecule has 1 unspecified atom stereocenters. The molecule has 0 aliphatic carbocycles. The molecule has 8 heteroatoms. The molecule has 3 aromatic carbocycles. The highest BCUT2D eigenvalue weighted by atomic mass is 32.1. The van der Waals surface area contributed by atoms with E-state index in [-0.39, 0.29) is 11.3 Å². The third kappa shape index (κ3) is 4.34. The molecule has 1 saturated heterocycles. The third-order valence-corrected chi connectivity index (χ3v) is 7.30. The number of fused-ring (bicyclic) bond motifs is 1. The predicted octanol–water partition coefficient (Wildman–Crippen LogP) is 5.95. The van der Waals surface area contributed by atoms with Gasteiger partial charge in [0.15, 0.2) is 5.13 Å². The van der Waals surface area contributed by atoms with Crippen LogP contribution in [0.25, 0.3) is 16.0 Å². The molecular weight excluding hydrogens is 488 g/mol. The van der Waals surface area contributed by atoms with Gasteiger partial charge in [0.05, 0.1) is 35.5 Å². The Morgan fingerprint density at radius 1 is 1.05 bits per heavy atom. The number of nitrogens with zero attached hydrogens (tertiary/aromatic N) is 2. The fourth-order valence-electron chi connectivity index (χ4n) is 4.67. The van der Waals surface area contributed by atoms with E-state index in [1.54, 1.807) is 55.6 Å². The normalized spacial score (nSPS) is 17.0. The quantitative estimate of drug-likeness (QED) is 0.194. The number of Topliss-reactive ketones (excluding diaryl/α,β-unsaturated/α-hetero) is 1. The number of anilines is 1. The highest BCUT2D eigenvalue weighted by Crippen LogP contribution is 2.45. The summed E-state index contributed by atoms with van der Waals surface area (Å²) in [6.07, 6.45) is 0. The number of thiazole rings is 1. The lowest BCUT2D eigenvalue weighted by molar-refractivity contribution is -0.132. The summed E-state index contributed by atoms with van der Waals surface area (Å²) >= 11 is 1.34. The fraction of sp³-hybridized carbons (Fsp3) is 0.207. The van der Waals surface area contributed by atoms with Crippen LogP contribution in [-0.4, -0.2) is 35.5 Å². The number of carbonyl (C=O) groups excluding carboxylic acids is 2. The monoisotopic (exact) mass is 514 g/mol. The summed E-state index contributed by atoms with van der Waals surface area (Å²) in [6.45, 7) is 6.29. The van der Waals surface area contributed by atoms with Crippen molar-refractivity contribution in [3.05, 3.63) is 88.5 Å². The van der Waals surface area contributed by atoms with Crippen molar-refractivity contribution in [1.29, 1.82) is 0 Å². The first-order valence-corrected chi connectivity index (χ1v) is 12.7. The molecule has 0 spiro atoms. The van der Waals surface area contributed by atoms with Gasteiger partial charge in [-0.15, -0.1) is 0 Å². The van der Waals surface area contributed by atoms with Crippen molar-refractivity contribution >= 4 is 44.1 Å². The summed E-state index contributed by atoms with van der Waals surface area (Å²) in [5.74, 6) is -0.681. The predicted molar refractivity (Wildman–Crippen MR) is 144 cm³/mol. The van der Waals surface area contributed by atoms with E-state index in [4.69, 9.17) is 14.5 Å². The molecule has 1 aliphatic rings. The van der Waals surface area contributed by atoms with Gasteiger partial charge in [0.1, 0.15) is 17.3 Å². The molecule has 4 aromatic rings. The molecule has 1 amide bonds. The number of aliphatic hydroxyl groups is 1. The zero-order valence-electron chi connectivity index (χ0n) is 20.9. The summed E-state index contributed by atoms with van der Waals surface area (Å²) in [5, 5.41) is 11.8. The Morgan fingerprint density at radius 2 is 1.81 bits per heavy atom. The maximum Gasteiger partial charge on any atom is 0.301 e. The first kappa shape index (κ1) is 24.5. The number of methoxy groups -OCH3 is 1. The minimum Gasteiger partial charge on any atom is -0.507 e. The second-order valence-corrected chi connectivity index (χ2v) is 9.84. The van der Waals surface area contributed by atoms with Gasteiger partial charge in [-0.25, -0.2) is 4.98 Å². The Hall–Kier alpha value is -4.17. The molecule has 0 radical (unpaired) electrons. The molecule has 7 nitrogen and oxygen atoms in total. The molecule has 1 aromatic heterocycles. The van der Waals surface area contributed by atoms with Gasteiger partial charge in [-0.1, -0.05) is 41.7 Å². The fourth-order valence-corrected chi connectivity index (χ4v) is 5.84. The number of hydrogen-bond donors (Lipinski definition) is 1. The van der Waals surface area contributed by atoms with Gasteiger partial charge >= 0.3 is 5.91 Å². The molecule has 188 valence electrons. The Bertz CT molecular complexity index is 1570. The lowest BCUT2D eigenvalue weighted by Crippen LogP contribution is -2.29. The van der Waals surface area contributed by atoms with Gasteiger partial charge in [-0.05, 0) is 67.8 Å². The van der Waals surface area contributed by atoms with Crippen LogP contribution in [0.3, 0.4) is 0 Å². The lowest BCUT2D eigenvalue weighted by atomic mass is 9.95. The van der Waals surface area contributed by atoms with Crippen molar-refractivity contribution in [2.45, 2.75) is 26.8 Å². The van der Waals surface area contributed by atoms with Crippen molar-refractivity contribution in [2.75, 3.05) is 18.6 Å². The van der Waals surface area contributed by atoms with Crippen molar-refractivity contribution in [2.24, 2.45) is 0 Å². The number of aliphatic hydroxyl groups excluding tert-OH is 1. The van der Waals surface area contributed by atoms with Crippen LogP contribution < -0.4 is 14.4 Å². The summed E-state index contributed by atoms with van der Waals surface area (Å²) in [4.78, 5) is 33.2. The van der Waals surface area contributed by atoms with Crippen molar-refractivity contribution in [1.82, 2.24) is 4.98 Å². The Labute approximate surface area is 218 Å². The molecule has 1 N–H and O–H groups in total. The van der Waals surface area contributed by atoms with Crippen molar-refractivity contribution < 1.29 is 24.2 Å². The van der Waals surface area contributed by atoms with Crippen LogP contribution in [0.4, 0.5) is 5.13 Å². The van der Waals surface area contributed by atoms with Crippen LogP contribution in [0.1, 0.15) is 35.2 Å². The number of aryl methyl sites for hydroxylation is 2. The Balaban J connectivity index is 1.73. The average Bonchev–Trinajstić information content (AvgIpc) is 3.42. The number of rotatable bonds is 6. The van der Waals surface area contributed by atoms with Crippen LogP contribution in [-0.2, 0) is 9.59 Å². The van der Waals surface area contributed by atoms with E-state index in [2.05, 4.69) is 0 Å². The van der Waals surface area contributed by atoms with E-state index in [0.29, 0.717) is 34.4 Å². The van der Waals surface area contributed by atoms with E-state index in [1.807, 2.05) is 32.9 Å². The minimum absolute atomic E-state index is 0.0148. The molecule has 37 heavy (non-hydrogen) atoms. The highest BCUT2D eigenvalue weighted by Gasteiger charge is 2.48. The van der Waals surface area contributed by atoms with Gasteiger partial charge in [0.25, 0.3) is 5.78 Å². The molecule has 0 saturated carbocycles. The number of amides is 1. The average molecular weight is 515 g/mol. The molecule has 2 heterocycles. The van der Waals surface area contributed by atoms with Gasteiger partial charge in [-0.3, -0.25) is 14.5 Å². The third-order valence-electron chi connectivity index (χ3n) is 6.30. The smallest absolute Gasteiger partial charge is 0.301 e. The summed E-state index contributed by atoms with van der Waals surface area (Å²) in [7, 11) is 1.55. The van der Waals surface area contributed by atoms with E-state index in [1.165, 1.54) is 16.2 Å². The van der Waals surface area contributed by atoms with Crippen LogP contribution in [0.5, 0.6) is 11.5 Å². The number of benzene rings is 3. The van der Waals surface area contributed by atoms with Gasteiger partial charge in [0, 0.05) is 5.56 Å². The zero-order valence-corrected chi connectivity index (χ0v) is 21.8. The van der Waals surface area contributed by atoms with Crippen molar-refractivity contribution in [3.63, 3.8) is 0 Å². The lowest BCUT2D eigenvalue weighted by Gasteiger charge is -2.23. The summed E-state index contributed by atoms with van der Waals surface area (Å²) in [6, 6.07) is 17.1. The first-order valence-electron chi connectivity index (χ1n) is 11.9. The molecule has 5 rings (SSSR count). The van der Waals surface area contributed by atoms with E-state index in [0.717, 1.165) is 21.3 Å². The topological polar surface area (TPSA) is 89.0 Å². The molecule has 0 bridgehead atoms. The molecule has 1 atom stereocenters. The van der Waals surface area contributed by atoms with Gasteiger partial charge in [0.2, 0.25) is 0 Å². The number of carbonyl (C=O) groups is 2. The molecular formula is C29H26N2O5S. The second kappa shape index (κ2) is 9.71. The SMILES string of the molecule is CCOc1cccc(/C(O)=C2\C(=O)C(=O)N(c3nc4c(C)cc(C)cc4s3)C2c2cccc(OC)c2)c1. The highest BCUT2D eigenvalue weighted by molar-refractivity contribution is 7.22. The number of ketones is 1. The van der Waals surface area contributed by atoms with E-state index < -0.39 is 17.7 Å². The number of aromatic nitrogens is 1. The zero-order chi connectivity index (χ0) is 26.3. The van der Waals surface area contributed by atoms with Crippen LogP contribution in [0.15, 0.2) is 66.2 Å². The second-order valence-electron chi connectivity index (χ2n) is 8.83.